The van der Waals surface area contributed by atoms with Gasteiger partial charge in [-0.2, -0.15) is 0 Å². The standard InChI is InChI=1S/C11H11BrN2O/c1-7-13-10-4-3-8(9(12)6-15)5-11(10)14(7)2/h3-6,9H,1-2H3. The van der Waals surface area contributed by atoms with Gasteiger partial charge in [-0.3, -0.25) is 0 Å². The predicted molar refractivity (Wildman–Crippen MR) is 63.2 cm³/mol. The molecule has 0 bridgehead atoms. The van der Waals surface area contributed by atoms with Gasteiger partial charge >= 0.3 is 0 Å². The second kappa shape index (κ2) is 3.77. The molecule has 1 aromatic heterocycles. The molecule has 0 fully saturated rings. The number of aldehydes is 1. The molecule has 0 saturated carbocycles. The first kappa shape index (κ1) is 10.4. The Labute approximate surface area is 96.2 Å². The maximum atomic E-state index is 10.7. The molecule has 2 rings (SSSR count). The molecule has 0 radical (unpaired) electrons. The van der Waals surface area contributed by atoms with Crippen LogP contribution in [0.1, 0.15) is 16.2 Å². The van der Waals surface area contributed by atoms with Crippen LogP contribution < -0.4 is 0 Å². The molecule has 2 aromatic rings. The smallest absolute Gasteiger partial charge is 0.138 e. The van der Waals surface area contributed by atoms with E-state index >= 15 is 0 Å². The minimum Gasteiger partial charge on any atom is -0.331 e. The Morgan fingerprint density at radius 1 is 1.53 bits per heavy atom. The number of carbonyl (C=O) groups is 1. The number of carbonyl (C=O) groups excluding carboxylic acids is 1. The Hall–Kier alpha value is -1.16. The number of hydrogen-bond acceptors (Lipinski definition) is 2. The molecule has 15 heavy (non-hydrogen) atoms. The van der Waals surface area contributed by atoms with Crippen molar-refractivity contribution in [2.75, 3.05) is 0 Å². The molecule has 1 unspecified atom stereocenters. The molecule has 1 aromatic carbocycles. The summed E-state index contributed by atoms with van der Waals surface area (Å²) < 4.78 is 2.02. The molecule has 0 aliphatic rings. The van der Waals surface area contributed by atoms with Gasteiger partial charge in [0.2, 0.25) is 0 Å². The Morgan fingerprint density at radius 2 is 2.27 bits per heavy atom. The van der Waals surface area contributed by atoms with E-state index in [9.17, 15) is 4.79 Å². The number of fused-ring (bicyclic) bond motifs is 1. The number of rotatable bonds is 2. The van der Waals surface area contributed by atoms with Gasteiger partial charge in [0.1, 0.15) is 12.1 Å². The normalized spacial score (nSPS) is 13.0. The van der Waals surface area contributed by atoms with Crippen LogP contribution in [0.4, 0.5) is 0 Å². The first-order chi connectivity index (χ1) is 7.13. The lowest BCUT2D eigenvalue weighted by Crippen LogP contribution is -1.93. The third-order valence-corrected chi connectivity index (χ3v) is 3.31. The highest BCUT2D eigenvalue weighted by Gasteiger charge is 2.09. The Kier molecular flexibility index (Phi) is 2.61. The topological polar surface area (TPSA) is 34.9 Å². The summed E-state index contributed by atoms with van der Waals surface area (Å²) in [5.74, 6) is 0.972. The Bertz CT molecular complexity index is 519. The first-order valence-electron chi connectivity index (χ1n) is 4.66. The van der Waals surface area contributed by atoms with Crippen molar-refractivity contribution in [2.45, 2.75) is 11.8 Å². The SMILES string of the molecule is Cc1nc2ccc(C(Br)C=O)cc2n1C. The number of hydrogen-bond donors (Lipinski definition) is 0. The number of imidazole rings is 1. The molecular formula is C11H11BrN2O. The van der Waals surface area contributed by atoms with E-state index in [1.807, 2.05) is 36.7 Å². The van der Waals surface area contributed by atoms with E-state index in [-0.39, 0.29) is 4.83 Å². The number of alkyl halides is 1. The molecule has 1 atom stereocenters. The first-order valence-corrected chi connectivity index (χ1v) is 5.57. The number of aromatic nitrogens is 2. The zero-order valence-corrected chi connectivity index (χ0v) is 10.2. The maximum Gasteiger partial charge on any atom is 0.138 e. The average Bonchev–Trinajstić information content (AvgIpc) is 2.54. The fourth-order valence-electron chi connectivity index (χ4n) is 1.58. The van der Waals surface area contributed by atoms with Gasteiger partial charge in [0.05, 0.1) is 15.9 Å². The lowest BCUT2D eigenvalue weighted by Gasteiger charge is -2.03. The molecular weight excluding hydrogens is 256 g/mol. The van der Waals surface area contributed by atoms with Crippen molar-refractivity contribution in [3.63, 3.8) is 0 Å². The fourth-order valence-corrected chi connectivity index (χ4v) is 1.86. The summed E-state index contributed by atoms with van der Waals surface area (Å²) in [5.41, 5.74) is 2.97. The minimum absolute atomic E-state index is 0.239. The van der Waals surface area contributed by atoms with Crippen molar-refractivity contribution < 1.29 is 4.79 Å². The zero-order valence-electron chi connectivity index (χ0n) is 8.57. The van der Waals surface area contributed by atoms with Crippen LogP contribution in [0.2, 0.25) is 0 Å². The van der Waals surface area contributed by atoms with Crippen LogP contribution in [-0.2, 0) is 11.8 Å². The quantitative estimate of drug-likeness (QED) is 0.619. The number of benzene rings is 1. The van der Waals surface area contributed by atoms with E-state index in [0.29, 0.717) is 0 Å². The van der Waals surface area contributed by atoms with Crippen LogP contribution >= 0.6 is 15.9 Å². The molecule has 3 nitrogen and oxygen atoms in total. The Morgan fingerprint density at radius 3 is 2.93 bits per heavy atom. The van der Waals surface area contributed by atoms with Gasteiger partial charge in [-0.1, -0.05) is 22.0 Å². The van der Waals surface area contributed by atoms with Crippen molar-refractivity contribution >= 4 is 33.2 Å². The van der Waals surface area contributed by atoms with E-state index in [1.54, 1.807) is 0 Å². The highest BCUT2D eigenvalue weighted by molar-refractivity contribution is 9.09. The summed E-state index contributed by atoms with van der Waals surface area (Å²) in [6, 6.07) is 5.85. The largest absolute Gasteiger partial charge is 0.331 e. The lowest BCUT2D eigenvalue weighted by molar-refractivity contribution is -0.107. The average molecular weight is 267 g/mol. The number of aryl methyl sites for hydroxylation is 2. The third-order valence-electron chi connectivity index (χ3n) is 2.57. The van der Waals surface area contributed by atoms with Crippen LogP contribution in [0.5, 0.6) is 0 Å². The minimum atomic E-state index is -0.239. The van der Waals surface area contributed by atoms with E-state index in [2.05, 4.69) is 20.9 Å². The van der Waals surface area contributed by atoms with Crippen LogP contribution in [0, 0.1) is 6.92 Å². The molecule has 0 amide bonds. The third kappa shape index (κ3) is 1.69. The molecule has 1 heterocycles. The second-order valence-electron chi connectivity index (χ2n) is 3.50. The van der Waals surface area contributed by atoms with E-state index < -0.39 is 0 Å². The summed E-state index contributed by atoms with van der Waals surface area (Å²) >= 11 is 3.30. The van der Waals surface area contributed by atoms with Crippen molar-refractivity contribution in [1.82, 2.24) is 9.55 Å². The van der Waals surface area contributed by atoms with Crippen LogP contribution in [0.15, 0.2) is 18.2 Å². The molecule has 0 aliphatic carbocycles. The number of nitrogens with zero attached hydrogens (tertiary/aromatic N) is 2. The van der Waals surface area contributed by atoms with Gasteiger partial charge in [-0.25, -0.2) is 4.98 Å². The van der Waals surface area contributed by atoms with E-state index in [4.69, 9.17) is 0 Å². The van der Waals surface area contributed by atoms with Crippen molar-refractivity contribution in [2.24, 2.45) is 7.05 Å². The second-order valence-corrected chi connectivity index (χ2v) is 4.49. The van der Waals surface area contributed by atoms with Crippen LogP contribution in [-0.4, -0.2) is 15.8 Å². The van der Waals surface area contributed by atoms with Crippen LogP contribution in [0.3, 0.4) is 0 Å². The molecule has 4 heteroatoms. The van der Waals surface area contributed by atoms with Gasteiger partial charge in [0.15, 0.2) is 0 Å². The summed E-state index contributed by atoms with van der Waals surface area (Å²) in [7, 11) is 1.97. The fraction of sp³-hybridized carbons (Fsp3) is 0.273. The molecule has 0 N–H and O–H groups in total. The molecule has 78 valence electrons. The summed E-state index contributed by atoms with van der Waals surface area (Å²) in [4.78, 5) is 14.8. The van der Waals surface area contributed by atoms with Gasteiger partial charge in [0, 0.05) is 7.05 Å². The van der Waals surface area contributed by atoms with E-state index in [1.165, 1.54) is 0 Å². The lowest BCUT2D eigenvalue weighted by atomic mass is 10.1. The highest BCUT2D eigenvalue weighted by atomic mass is 79.9. The summed E-state index contributed by atoms with van der Waals surface area (Å²) in [6.45, 7) is 1.96. The molecule has 0 spiro atoms. The van der Waals surface area contributed by atoms with Crippen molar-refractivity contribution in [1.29, 1.82) is 0 Å². The monoisotopic (exact) mass is 266 g/mol. The molecule has 0 aliphatic heterocycles. The Balaban J connectivity index is 2.64. The number of halogens is 1. The van der Waals surface area contributed by atoms with Crippen LogP contribution in [0.25, 0.3) is 11.0 Å². The van der Waals surface area contributed by atoms with Gasteiger partial charge < -0.3 is 9.36 Å². The summed E-state index contributed by atoms with van der Waals surface area (Å²) in [6.07, 6.45) is 0.879. The highest BCUT2D eigenvalue weighted by Crippen LogP contribution is 2.24. The maximum absolute atomic E-state index is 10.7. The summed E-state index contributed by atoms with van der Waals surface area (Å²) in [5, 5.41) is 0. The van der Waals surface area contributed by atoms with Gasteiger partial charge in [0.25, 0.3) is 0 Å². The van der Waals surface area contributed by atoms with Crippen molar-refractivity contribution in [3.05, 3.63) is 29.6 Å². The van der Waals surface area contributed by atoms with Crippen molar-refractivity contribution in [3.8, 4) is 0 Å². The molecule has 0 saturated heterocycles. The zero-order chi connectivity index (χ0) is 11.0. The predicted octanol–water partition coefficient (Wildman–Crippen LogP) is 2.52. The van der Waals surface area contributed by atoms with Gasteiger partial charge in [-0.15, -0.1) is 0 Å². The van der Waals surface area contributed by atoms with Gasteiger partial charge in [-0.05, 0) is 24.6 Å². The van der Waals surface area contributed by atoms with E-state index in [0.717, 1.165) is 28.7 Å².